The largest absolute Gasteiger partial charge is 0.370 e. The molecule has 1 aliphatic heterocycles. The van der Waals surface area contributed by atoms with Crippen molar-refractivity contribution in [1.29, 1.82) is 0 Å². The quantitative estimate of drug-likeness (QED) is 0.172. The third-order valence-corrected chi connectivity index (χ3v) is 8.10. The zero-order chi connectivity index (χ0) is 29.2. The number of rotatable bonds is 5. The summed E-state index contributed by atoms with van der Waals surface area (Å²) in [5.74, 6) is -0.394. The van der Waals surface area contributed by atoms with Crippen molar-refractivity contribution in [2.24, 2.45) is 16.5 Å². The summed E-state index contributed by atoms with van der Waals surface area (Å²) in [6.07, 6.45) is 0.613. The van der Waals surface area contributed by atoms with Gasteiger partial charge in [0.2, 0.25) is 5.13 Å². The Morgan fingerprint density at radius 1 is 0.881 bits per heavy atom. The molecule has 9 heteroatoms. The Morgan fingerprint density at radius 3 is 2.31 bits per heavy atom. The number of fused-ring (bicyclic) bond motifs is 3. The van der Waals surface area contributed by atoms with Crippen molar-refractivity contribution in [1.82, 2.24) is 4.98 Å². The van der Waals surface area contributed by atoms with Crippen molar-refractivity contribution < 1.29 is 9.59 Å². The number of guanidine groups is 1. The van der Waals surface area contributed by atoms with Gasteiger partial charge in [-0.05, 0) is 54.4 Å². The number of nitrogens with zero attached hydrogens (tertiary/aromatic N) is 3. The topological polar surface area (TPSA) is 127 Å². The Bertz CT molecular complexity index is 1820. The number of thiazole rings is 1. The van der Waals surface area contributed by atoms with Crippen LogP contribution in [0, 0.1) is 6.92 Å². The molecule has 42 heavy (non-hydrogen) atoms. The number of benzene rings is 4. The molecule has 1 aromatic heterocycles. The van der Waals surface area contributed by atoms with Crippen molar-refractivity contribution in [2.75, 3.05) is 16.8 Å². The highest BCUT2D eigenvalue weighted by molar-refractivity contribution is 7.15. The molecule has 0 fully saturated rings. The van der Waals surface area contributed by atoms with Gasteiger partial charge in [0.25, 0.3) is 11.8 Å². The molecule has 0 saturated carbocycles. The molecule has 0 aliphatic carbocycles. The van der Waals surface area contributed by atoms with Gasteiger partial charge in [0.05, 0.1) is 11.4 Å². The summed E-state index contributed by atoms with van der Waals surface area (Å²) in [5.41, 5.74) is 18.2. The summed E-state index contributed by atoms with van der Waals surface area (Å²) in [4.78, 5) is 38.6. The Labute approximate surface area is 247 Å². The molecule has 0 atom stereocenters. The molecule has 8 nitrogen and oxygen atoms in total. The van der Waals surface area contributed by atoms with Gasteiger partial charge in [-0.3, -0.25) is 9.59 Å². The lowest BCUT2D eigenvalue weighted by atomic mass is 9.98. The average molecular weight is 573 g/mol. The summed E-state index contributed by atoms with van der Waals surface area (Å²) in [6, 6.07) is 30.3. The number of para-hydroxylation sites is 1. The van der Waals surface area contributed by atoms with Crippen LogP contribution in [0.25, 0.3) is 22.4 Å². The van der Waals surface area contributed by atoms with E-state index in [0.717, 1.165) is 38.5 Å². The van der Waals surface area contributed by atoms with Crippen LogP contribution < -0.4 is 21.7 Å². The molecule has 0 radical (unpaired) electrons. The molecule has 6 rings (SSSR count). The maximum atomic E-state index is 13.7. The number of amides is 2. The van der Waals surface area contributed by atoms with Gasteiger partial charge in [-0.25, -0.2) is 4.98 Å². The zero-order valence-electron chi connectivity index (χ0n) is 22.9. The first-order chi connectivity index (χ1) is 20.4. The summed E-state index contributed by atoms with van der Waals surface area (Å²) in [5, 5.41) is 3.47. The third-order valence-electron chi connectivity index (χ3n) is 7.09. The fourth-order valence-electron chi connectivity index (χ4n) is 5.05. The Balaban J connectivity index is 1.22. The second-order valence-corrected chi connectivity index (χ2v) is 11.0. The van der Waals surface area contributed by atoms with Gasteiger partial charge < -0.3 is 21.7 Å². The lowest BCUT2D eigenvalue weighted by Crippen LogP contribution is -2.32. The molecule has 4 aromatic carbocycles. The van der Waals surface area contributed by atoms with Gasteiger partial charge in [0, 0.05) is 40.2 Å². The van der Waals surface area contributed by atoms with Crippen molar-refractivity contribution in [3.63, 3.8) is 0 Å². The van der Waals surface area contributed by atoms with E-state index >= 15 is 0 Å². The van der Waals surface area contributed by atoms with Gasteiger partial charge >= 0.3 is 0 Å². The zero-order valence-corrected chi connectivity index (χ0v) is 23.7. The number of aliphatic imine (C=N–C) groups is 1. The van der Waals surface area contributed by atoms with Crippen LogP contribution in [-0.2, 0) is 6.42 Å². The maximum absolute atomic E-state index is 13.7. The minimum absolute atomic E-state index is 0.0425. The summed E-state index contributed by atoms with van der Waals surface area (Å²) >= 11 is 1.42. The van der Waals surface area contributed by atoms with E-state index in [1.807, 2.05) is 79.7 Å². The highest BCUT2D eigenvalue weighted by atomic mass is 32.1. The van der Waals surface area contributed by atoms with Gasteiger partial charge in [0.1, 0.15) is 0 Å². The average Bonchev–Trinajstić information content (AvgIpc) is 3.32. The van der Waals surface area contributed by atoms with E-state index < -0.39 is 0 Å². The number of carbonyl (C=O) groups excluding carboxylic acids is 2. The first kappa shape index (κ1) is 26.9. The first-order valence-corrected chi connectivity index (χ1v) is 14.3. The van der Waals surface area contributed by atoms with Crippen LogP contribution in [0.2, 0.25) is 0 Å². The third kappa shape index (κ3) is 5.37. The lowest BCUT2D eigenvalue weighted by molar-refractivity contribution is 0.0986. The van der Waals surface area contributed by atoms with E-state index in [1.54, 1.807) is 29.2 Å². The highest BCUT2D eigenvalue weighted by Gasteiger charge is 2.27. The SMILES string of the molecule is Cc1ccc(-c2ccccc2C(=O)Nc2ccc(C(=O)N3CCc4sc(N=C(N)N)nc4-c4ccccc43)cc2)cc1. The molecule has 0 saturated heterocycles. The predicted molar refractivity (Wildman–Crippen MR) is 169 cm³/mol. The minimum Gasteiger partial charge on any atom is -0.370 e. The molecule has 0 unspecified atom stereocenters. The van der Waals surface area contributed by atoms with E-state index in [9.17, 15) is 9.59 Å². The van der Waals surface area contributed by atoms with Crippen LogP contribution >= 0.6 is 11.3 Å². The normalized spacial score (nSPS) is 12.1. The molecule has 0 spiro atoms. The molecule has 2 heterocycles. The van der Waals surface area contributed by atoms with Crippen molar-refractivity contribution in [3.8, 4) is 22.4 Å². The summed E-state index contributed by atoms with van der Waals surface area (Å²) in [7, 11) is 0. The molecular weight excluding hydrogens is 544 g/mol. The molecule has 208 valence electrons. The number of nitrogens with two attached hydrogens (primary N) is 2. The molecule has 1 aliphatic rings. The van der Waals surface area contributed by atoms with Crippen molar-refractivity contribution in [2.45, 2.75) is 13.3 Å². The fourth-order valence-corrected chi connectivity index (χ4v) is 6.00. The van der Waals surface area contributed by atoms with E-state index in [1.165, 1.54) is 11.3 Å². The summed E-state index contributed by atoms with van der Waals surface area (Å²) in [6.45, 7) is 2.51. The number of aryl methyl sites for hydroxylation is 1. The number of carbonyl (C=O) groups is 2. The smallest absolute Gasteiger partial charge is 0.258 e. The number of nitrogens with one attached hydrogen (secondary N) is 1. The Morgan fingerprint density at radius 2 is 1.57 bits per heavy atom. The number of hydrogen-bond acceptors (Lipinski definition) is 5. The molecule has 2 amide bonds. The molecule has 0 bridgehead atoms. The second kappa shape index (κ2) is 11.3. The van der Waals surface area contributed by atoms with Gasteiger partial charge in [-0.1, -0.05) is 77.6 Å². The van der Waals surface area contributed by atoms with Crippen LogP contribution in [0.1, 0.15) is 31.2 Å². The van der Waals surface area contributed by atoms with Crippen molar-refractivity contribution >= 4 is 45.6 Å². The fraction of sp³-hybridized carbons (Fsp3) is 0.0909. The van der Waals surface area contributed by atoms with E-state index in [0.29, 0.717) is 34.9 Å². The monoisotopic (exact) mass is 572 g/mol. The Hall–Kier alpha value is -5.28. The maximum Gasteiger partial charge on any atom is 0.258 e. The van der Waals surface area contributed by atoms with E-state index in [2.05, 4.69) is 15.3 Å². The predicted octanol–water partition coefficient (Wildman–Crippen LogP) is 6.15. The van der Waals surface area contributed by atoms with Crippen molar-refractivity contribution in [3.05, 3.63) is 119 Å². The first-order valence-electron chi connectivity index (χ1n) is 13.5. The molecular formula is C33H28N6O2S. The van der Waals surface area contributed by atoms with Crippen LogP contribution in [0.5, 0.6) is 0 Å². The van der Waals surface area contributed by atoms with Crippen LogP contribution in [0.3, 0.4) is 0 Å². The standard InChI is InChI=1S/C33H28N6O2S/c1-20-10-12-21(13-11-20)24-6-2-3-7-25(24)30(40)36-23-16-14-22(15-17-23)31(41)39-19-18-28-29(26-8-4-5-9-27(26)39)37-33(42-28)38-32(34)35/h2-17H,18-19H2,1H3,(H,36,40)(H4,34,35,37,38). The highest BCUT2D eigenvalue weighted by Crippen LogP contribution is 2.41. The van der Waals surface area contributed by atoms with Gasteiger partial charge in [0.15, 0.2) is 5.96 Å². The number of anilines is 2. The summed E-state index contributed by atoms with van der Waals surface area (Å²) < 4.78 is 0. The van der Waals surface area contributed by atoms with Crippen LogP contribution in [0.15, 0.2) is 102 Å². The molecule has 5 N–H and O–H groups in total. The van der Waals surface area contributed by atoms with E-state index in [4.69, 9.17) is 11.5 Å². The second-order valence-electron chi connectivity index (χ2n) is 9.97. The minimum atomic E-state index is -0.217. The number of hydrogen-bond donors (Lipinski definition) is 3. The van der Waals surface area contributed by atoms with E-state index in [-0.39, 0.29) is 17.8 Å². The Kier molecular flexibility index (Phi) is 7.24. The van der Waals surface area contributed by atoms with Crippen LogP contribution in [-0.4, -0.2) is 29.3 Å². The van der Waals surface area contributed by atoms with Crippen LogP contribution in [0.4, 0.5) is 16.5 Å². The van der Waals surface area contributed by atoms with Gasteiger partial charge in [-0.15, -0.1) is 0 Å². The molecule has 5 aromatic rings. The number of aromatic nitrogens is 1. The van der Waals surface area contributed by atoms with Gasteiger partial charge in [-0.2, -0.15) is 4.99 Å². The lowest BCUT2D eigenvalue weighted by Gasteiger charge is -2.23.